The van der Waals surface area contributed by atoms with Crippen molar-refractivity contribution in [2.75, 3.05) is 32.8 Å². The van der Waals surface area contributed by atoms with Gasteiger partial charge in [0.25, 0.3) is 0 Å². The third kappa shape index (κ3) is 4.83. The lowest BCUT2D eigenvalue weighted by molar-refractivity contribution is 0.00658. The molecule has 2 rings (SSSR count). The fourth-order valence-corrected chi connectivity index (χ4v) is 2.96. The minimum absolute atomic E-state index is 0.00380. The molecule has 0 bridgehead atoms. The van der Waals surface area contributed by atoms with Crippen LogP contribution in [0.5, 0.6) is 0 Å². The van der Waals surface area contributed by atoms with Crippen LogP contribution in [0.3, 0.4) is 0 Å². The van der Waals surface area contributed by atoms with Crippen LogP contribution in [-0.4, -0.2) is 59.4 Å². The average Bonchev–Trinajstić information content (AvgIpc) is 2.49. The SMILES string of the molecule is CC(C)(C)OC(=O)N1CCN([C@@H](CO)c2ccccc2Cl)CC1. The lowest BCUT2D eigenvalue weighted by Crippen LogP contribution is -2.51. The van der Waals surface area contributed by atoms with Crippen LogP contribution in [0.15, 0.2) is 24.3 Å². The third-order valence-electron chi connectivity index (χ3n) is 3.84. The van der Waals surface area contributed by atoms with Crippen molar-refractivity contribution < 1.29 is 14.6 Å². The summed E-state index contributed by atoms with van der Waals surface area (Å²) in [4.78, 5) is 16.0. The zero-order valence-electron chi connectivity index (χ0n) is 14.0. The maximum Gasteiger partial charge on any atom is 0.410 e. The number of hydrogen-bond donors (Lipinski definition) is 1. The van der Waals surface area contributed by atoms with Gasteiger partial charge >= 0.3 is 6.09 Å². The molecule has 1 aliphatic heterocycles. The van der Waals surface area contributed by atoms with E-state index < -0.39 is 5.60 Å². The molecule has 0 aliphatic carbocycles. The summed E-state index contributed by atoms with van der Waals surface area (Å²) in [6.07, 6.45) is -0.282. The molecule has 1 atom stereocenters. The van der Waals surface area contributed by atoms with E-state index in [2.05, 4.69) is 4.90 Å². The molecule has 1 saturated heterocycles. The first kappa shape index (κ1) is 18.0. The minimum Gasteiger partial charge on any atom is -0.444 e. The second-order valence-corrected chi connectivity index (χ2v) is 7.13. The first-order valence-electron chi connectivity index (χ1n) is 7.89. The van der Waals surface area contributed by atoms with Crippen molar-refractivity contribution in [1.82, 2.24) is 9.80 Å². The van der Waals surface area contributed by atoms with Crippen LogP contribution >= 0.6 is 11.6 Å². The van der Waals surface area contributed by atoms with Gasteiger partial charge in [-0.2, -0.15) is 0 Å². The van der Waals surface area contributed by atoms with E-state index >= 15 is 0 Å². The lowest BCUT2D eigenvalue weighted by atomic mass is 10.1. The van der Waals surface area contributed by atoms with E-state index in [4.69, 9.17) is 16.3 Å². The van der Waals surface area contributed by atoms with Crippen LogP contribution in [0.25, 0.3) is 0 Å². The van der Waals surface area contributed by atoms with Crippen molar-refractivity contribution >= 4 is 17.7 Å². The molecule has 128 valence electrons. The average molecular weight is 341 g/mol. The fourth-order valence-electron chi connectivity index (χ4n) is 2.70. The van der Waals surface area contributed by atoms with Gasteiger partial charge in [-0.3, -0.25) is 4.90 Å². The van der Waals surface area contributed by atoms with Crippen molar-refractivity contribution in [3.8, 4) is 0 Å². The number of hydrogen-bond acceptors (Lipinski definition) is 4. The topological polar surface area (TPSA) is 53.0 Å². The summed E-state index contributed by atoms with van der Waals surface area (Å²) >= 11 is 6.25. The zero-order chi connectivity index (χ0) is 17.0. The molecule has 0 spiro atoms. The van der Waals surface area contributed by atoms with E-state index in [1.54, 1.807) is 4.90 Å². The number of piperazine rings is 1. The van der Waals surface area contributed by atoms with Crippen LogP contribution < -0.4 is 0 Å². The molecule has 0 radical (unpaired) electrons. The van der Waals surface area contributed by atoms with Gasteiger partial charge in [-0.15, -0.1) is 0 Å². The maximum atomic E-state index is 12.1. The molecule has 1 fully saturated rings. The Morgan fingerprint density at radius 1 is 1.26 bits per heavy atom. The Morgan fingerprint density at radius 3 is 2.39 bits per heavy atom. The molecular formula is C17H25ClN2O3. The number of carbonyl (C=O) groups is 1. The van der Waals surface area contributed by atoms with E-state index in [0.717, 1.165) is 5.56 Å². The zero-order valence-corrected chi connectivity index (χ0v) is 14.7. The first-order chi connectivity index (χ1) is 10.8. The molecular weight excluding hydrogens is 316 g/mol. The highest BCUT2D eigenvalue weighted by Crippen LogP contribution is 2.28. The van der Waals surface area contributed by atoms with Crippen molar-refractivity contribution in [1.29, 1.82) is 0 Å². The van der Waals surface area contributed by atoms with Crippen LogP contribution in [-0.2, 0) is 4.74 Å². The number of aliphatic hydroxyl groups is 1. The number of ether oxygens (including phenoxy) is 1. The molecule has 5 nitrogen and oxygen atoms in total. The normalized spacial score (nSPS) is 17.9. The minimum atomic E-state index is -0.487. The highest BCUT2D eigenvalue weighted by Gasteiger charge is 2.29. The summed E-state index contributed by atoms with van der Waals surface area (Å²) in [6, 6.07) is 7.41. The molecule has 0 aromatic heterocycles. The van der Waals surface area contributed by atoms with E-state index in [0.29, 0.717) is 31.2 Å². The number of carbonyl (C=O) groups excluding carboxylic acids is 1. The standard InChI is InChI=1S/C17H25ClN2O3/c1-17(2,3)23-16(22)20-10-8-19(9-11-20)15(12-21)13-6-4-5-7-14(13)18/h4-7,15,21H,8-12H2,1-3H3/t15-/m0/s1. The molecule has 1 aromatic carbocycles. The molecule has 1 amide bonds. The summed E-state index contributed by atoms with van der Waals surface area (Å²) < 4.78 is 5.40. The second-order valence-electron chi connectivity index (χ2n) is 6.72. The summed E-state index contributed by atoms with van der Waals surface area (Å²) in [7, 11) is 0. The highest BCUT2D eigenvalue weighted by atomic mass is 35.5. The van der Waals surface area contributed by atoms with Gasteiger partial charge < -0.3 is 14.7 Å². The molecule has 1 heterocycles. The third-order valence-corrected chi connectivity index (χ3v) is 4.19. The fraction of sp³-hybridized carbons (Fsp3) is 0.588. The molecule has 1 aromatic rings. The number of nitrogens with zero attached hydrogens (tertiary/aromatic N) is 2. The van der Waals surface area contributed by atoms with Crippen molar-refractivity contribution in [3.05, 3.63) is 34.9 Å². The molecule has 0 unspecified atom stereocenters. The van der Waals surface area contributed by atoms with Gasteiger partial charge in [-0.05, 0) is 32.4 Å². The predicted octanol–water partition coefficient (Wildman–Crippen LogP) is 2.93. The van der Waals surface area contributed by atoms with E-state index in [-0.39, 0.29) is 18.7 Å². The quantitative estimate of drug-likeness (QED) is 0.919. The lowest BCUT2D eigenvalue weighted by Gasteiger charge is -2.39. The van der Waals surface area contributed by atoms with Gasteiger partial charge in [-0.25, -0.2) is 4.79 Å². The maximum absolute atomic E-state index is 12.1. The Labute approximate surface area is 142 Å². The van der Waals surface area contributed by atoms with Gasteiger partial charge in [0, 0.05) is 31.2 Å². The number of amides is 1. The Balaban J connectivity index is 1.98. The van der Waals surface area contributed by atoms with Gasteiger partial charge in [-0.1, -0.05) is 29.8 Å². The second kappa shape index (κ2) is 7.51. The number of aliphatic hydroxyl groups excluding tert-OH is 1. The molecule has 1 aliphatic rings. The van der Waals surface area contributed by atoms with Crippen LogP contribution in [0.1, 0.15) is 32.4 Å². The molecule has 1 N–H and O–H groups in total. The summed E-state index contributed by atoms with van der Waals surface area (Å²) in [5.74, 6) is 0. The van der Waals surface area contributed by atoms with Crippen LogP contribution in [0.2, 0.25) is 5.02 Å². The number of rotatable bonds is 3. The number of benzene rings is 1. The Hall–Kier alpha value is -1.30. The van der Waals surface area contributed by atoms with Crippen LogP contribution in [0, 0.1) is 0 Å². The van der Waals surface area contributed by atoms with Crippen molar-refractivity contribution in [2.45, 2.75) is 32.4 Å². The predicted molar refractivity (Wildman–Crippen MR) is 90.7 cm³/mol. The monoisotopic (exact) mass is 340 g/mol. The van der Waals surface area contributed by atoms with Crippen molar-refractivity contribution in [3.63, 3.8) is 0 Å². The van der Waals surface area contributed by atoms with E-state index in [1.165, 1.54) is 0 Å². The summed E-state index contributed by atoms with van der Waals surface area (Å²) in [5.41, 5.74) is 0.432. The smallest absolute Gasteiger partial charge is 0.410 e. The van der Waals surface area contributed by atoms with Crippen molar-refractivity contribution in [2.24, 2.45) is 0 Å². The number of halogens is 1. The molecule has 23 heavy (non-hydrogen) atoms. The van der Waals surface area contributed by atoms with Gasteiger partial charge in [0.2, 0.25) is 0 Å². The Bertz CT molecular complexity index is 537. The van der Waals surface area contributed by atoms with Gasteiger partial charge in [0.15, 0.2) is 0 Å². The molecule has 0 saturated carbocycles. The van der Waals surface area contributed by atoms with E-state index in [9.17, 15) is 9.90 Å². The largest absolute Gasteiger partial charge is 0.444 e. The molecule has 6 heteroatoms. The summed E-state index contributed by atoms with van der Waals surface area (Å²) in [6.45, 7) is 8.09. The summed E-state index contributed by atoms with van der Waals surface area (Å²) in [5, 5.41) is 10.4. The highest BCUT2D eigenvalue weighted by molar-refractivity contribution is 6.31. The van der Waals surface area contributed by atoms with Crippen LogP contribution in [0.4, 0.5) is 4.79 Å². The first-order valence-corrected chi connectivity index (χ1v) is 8.27. The van der Waals surface area contributed by atoms with Gasteiger partial charge in [0.1, 0.15) is 5.60 Å². The van der Waals surface area contributed by atoms with E-state index in [1.807, 2.05) is 45.0 Å². The Morgan fingerprint density at radius 2 is 1.87 bits per heavy atom. The Kier molecular flexibility index (Phi) is 5.89. The van der Waals surface area contributed by atoms with Gasteiger partial charge in [0.05, 0.1) is 12.6 Å².